The number of amides is 1. The van der Waals surface area contributed by atoms with Gasteiger partial charge in [0.25, 0.3) is 0 Å². The van der Waals surface area contributed by atoms with E-state index in [9.17, 15) is 18.0 Å². The van der Waals surface area contributed by atoms with Gasteiger partial charge in [0.2, 0.25) is 5.91 Å². The highest BCUT2D eigenvalue weighted by molar-refractivity contribution is 6.02. The molecule has 5 nitrogen and oxygen atoms in total. The lowest BCUT2D eigenvalue weighted by atomic mass is 9.88. The Balaban J connectivity index is 2.26. The standard InChI is InChI=1S/C15H16F3N3O2/c16-15(17,18)10-7-8(1-3-11(10)19)23-12-5-6-20-14-9(12)2-4-13(22)21-14/h1,3,7,9,12H,2,4-6,19H2,(H,20,21,22)/i2D2,4D2,5D2,9D,12D/hD. The van der Waals surface area contributed by atoms with Gasteiger partial charge in [0.1, 0.15) is 17.7 Å². The monoisotopic (exact) mass is 336 g/mol. The SMILES string of the molecule is [2H]N1C(=O)C([2H])([2H])C([2H])([2H])C2([2H])C1=NCC([2H])([2H])C2([2H])Oc1ccc(N)c(C(F)(F)F)c1. The predicted molar refractivity (Wildman–Crippen MR) is 78.1 cm³/mol. The number of rotatable bonds is 2. The van der Waals surface area contributed by atoms with Crippen molar-refractivity contribution in [3.63, 3.8) is 0 Å². The van der Waals surface area contributed by atoms with Crippen molar-refractivity contribution in [3.05, 3.63) is 23.8 Å². The van der Waals surface area contributed by atoms with Crippen LogP contribution >= 0.6 is 0 Å². The second-order valence-electron chi connectivity index (χ2n) is 4.54. The number of nitrogen functional groups attached to an aromatic ring is 1. The number of nitrogens with one attached hydrogen (secondary N) is 1. The van der Waals surface area contributed by atoms with Gasteiger partial charge in [0.05, 0.1) is 12.8 Å². The Hall–Kier alpha value is -2.25. The zero-order valence-corrected chi connectivity index (χ0v) is 11.4. The number of benzene rings is 1. The van der Waals surface area contributed by atoms with Crippen LogP contribution in [0.15, 0.2) is 23.2 Å². The van der Waals surface area contributed by atoms with Crippen LogP contribution in [0.5, 0.6) is 5.75 Å². The van der Waals surface area contributed by atoms with E-state index < -0.39 is 72.6 Å². The minimum Gasteiger partial charge on any atom is -0.490 e. The first-order chi connectivity index (χ1) is 14.3. The minimum atomic E-state index is -4.96. The molecule has 3 N–H and O–H groups in total. The molecule has 0 spiro atoms. The summed E-state index contributed by atoms with van der Waals surface area (Å²) in [5.41, 5.74) is 3.19. The molecule has 0 saturated carbocycles. The van der Waals surface area contributed by atoms with Crippen LogP contribution in [-0.2, 0) is 11.0 Å². The molecule has 0 aliphatic carbocycles. The Kier molecular flexibility index (Phi) is 2.01. The predicted octanol–water partition coefficient (Wildman–Crippen LogP) is 2.36. The van der Waals surface area contributed by atoms with Crippen LogP contribution in [0.25, 0.3) is 0 Å². The number of fused-ring (bicyclic) bond motifs is 1. The lowest BCUT2D eigenvalue weighted by Gasteiger charge is -2.34. The third-order valence-corrected chi connectivity index (χ3v) is 2.97. The Labute approximate surface area is 143 Å². The molecule has 124 valence electrons. The number of anilines is 1. The molecule has 2 aliphatic heterocycles. The molecule has 1 saturated heterocycles. The van der Waals surface area contributed by atoms with Gasteiger partial charge in [-0.2, -0.15) is 13.2 Å². The number of hydrogen-bond acceptors (Lipinski definition) is 4. The van der Waals surface area contributed by atoms with Crippen molar-refractivity contribution in [1.82, 2.24) is 5.31 Å². The van der Waals surface area contributed by atoms with Crippen molar-refractivity contribution in [1.29, 1.82) is 0 Å². The number of alkyl halides is 3. The molecule has 23 heavy (non-hydrogen) atoms. The highest BCUT2D eigenvalue weighted by Gasteiger charge is 2.37. The number of nitrogens with zero attached hydrogens (tertiary/aromatic N) is 1. The number of carbonyl (C=O) groups excluding carboxylic acids is 1. The lowest BCUT2D eigenvalue weighted by molar-refractivity contribution is -0.137. The number of halogens is 3. The number of nitrogens with two attached hydrogens (primary N) is 1. The van der Waals surface area contributed by atoms with Gasteiger partial charge in [-0.25, -0.2) is 0 Å². The van der Waals surface area contributed by atoms with Crippen LogP contribution in [0, 0.1) is 5.89 Å². The van der Waals surface area contributed by atoms with E-state index in [1.807, 2.05) is 0 Å². The highest BCUT2D eigenvalue weighted by Crippen LogP contribution is 2.36. The van der Waals surface area contributed by atoms with Crippen LogP contribution in [-0.4, -0.2) is 24.4 Å². The van der Waals surface area contributed by atoms with E-state index in [1.54, 1.807) is 0 Å². The molecular weight excluding hydrogens is 311 g/mol. The molecular formula is C15H16F3N3O2. The average Bonchev–Trinajstić information content (AvgIpc) is 2.65. The Morgan fingerprint density at radius 2 is 2.26 bits per heavy atom. The van der Waals surface area contributed by atoms with Crippen LogP contribution in [0.3, 0.4) is 0 Å². The van der Waals surface area contributed by atoms with E-state index in [-0.39, 0.29) is 5.31 Å². The van der Waals surface area contributed by atoms with Crippen molar-refractivity contribution < 1.29 is 35.1 Å². The van der Waals surface area contributed by atoms with Crippen molar-refractivity contribution >= 4 is 17.4 Å². The molecule has 2 aliphatic rings. The number of ether oxygens (including phenoxy) is 1. The number of piperidine rings is 1. The van der Waals surface area contributed by atoms with Crippen molar-refractivity contribution in [2.75, 3.05) is 12.3 Å². The summed E-state index contributed by atoms with van der Waals surface area (Å²) in [4.78, 5) is 15.7. The third kappa shape index (κ3) is 3.25. The summed E-state index contributed by atoms with van der Waals surface area (Å²) in [6, 6.07) is 1.91. The van der Waals surface area contributed by atoms with Gasteiger partial charge < -0.3 is 15.8 Å². The Morgan fingerprint density at radius 1 is 1.48 bits per heavy atom. The largest absolute Gasteiger partial charge is 0.490 e. The van der Waals surface area contributed by atoms with E-state index in [1.165, 1.54) is 0 Å². The van der Waals surface area contributed by atoms with Gasteiger partial charge in [-0.3, -0.25) is 9.79 Å². The Morgan fingerprint density at radius 3 is 3.00 bits per heavy atom. The quantitative estimate of drug-likeness (QED) is 0.814. The molecule has 3 rings (SSSR count). The summed E-state index contributed by atoms with van der Waals surface area (Å²) in [7, 11) is 0. The van der Waals surface area contributed by atoms with Crippen molar-refractivity contribution in [2.24, 2.45) is 10.9 Å². The van der Waals surface area contributed by atoms with Crippen molar-refractivity contribution in [3.8, 4) is 5.75 Å². The molecule has 1 fully saturated rings. The molecule has 1 aromatic rings. The van der Waals surface area contributed by atoms with Crippen LogP contribution < -0.4 is 15.8 Å². The van der Waals surface area contributed by atoms with E-state index in [0.717, 1.165) is 12.1 Å². The van der Waals surface area contributed by atoms with Gasteiger partial charge in [-0.1, -0.05) is 0 Å². The van der Waals surface area contributed by atoms with E-state index in [2.05, 4.69) is 4.99 Å². The summed E-state index contributed by atoms with van der Waals surface area (Å²) in [6.45, 7) is -1.02. The maximum absolute atomic E-state index is 13.2. The van der Waals surface area contributed by atoms with Gasteiger partial charge in [-0.05, 0) is 24.6 Å². The zero-order valence-electron chi connectivity index (χ0n) is 20.4. The lowest BCUT2D eigenvalue weighted by Crippen LogP contribution is -2.49. The average molecular weight is 336 g/mol. The number of aliphatic imine (C=N–C) groups is 1. The fourth-order valence-corrected chi connectivity index (χ4v) is 1.95. The zero-order chi connectivity index (χ0) is 24.7. The summed E-state index contributed by atoms with van der Waals surface area (Å²) >= 11 is 0. The van der Waals surface area contributed by atoms with Gasteiger partial charge >= 0.3 is 6.18 Å². The van der Waals surface area contributed by atoms with Crippen LogP contribution in [0.2, 0.25) is 1.41 Å². The molecule has 1 aromatic carbocycles. The molecule has 0 aromatic heterocycles. The highest BCUT2D eigenvalue weighted by atomic mass is 19.4. The summed E-state index contributed by atoms with van der Waals surface area (Å²) in [6.07, 6.45) is -18.8. The molecule has 0 bridgehead atoms. The Bertz CT molecular complexity index is 1020. The number of hydrogen-bond donors (Lipinski definition) is 2. The van der Waals surface area contributed by atoms with E-state index in [0.29, 0.717) is 6.07 Å². The van der Waals surface area contributed by atoms with Crippen molar-refractivity contribution in [2.45, 2.75) is 31.4 Å². The fraction of sp³-hybridized carbons (Fsp3) is 0.467. The second kappa shape index (κ2) is 5.75. The number of amidine groups is 1. The third-order valence-electron chi connectivity index (χ3n) is 2.97. The summed E-state index contributed by atoms with van der Waals surface area (Å²) < 4.78 is 118. The fourth-order valence-electron chi connectivity index (χ4n) is 1.95. The smallest absolute Gasteiger partial charge is 0.418 e. The van der Waals surface area contributed by atoms with E-state index >= 15 is 0 Å². The first-order valence-corrected chi connectivity index (χ1v) is 6.30. The first-order valence-electron chi connectivity index (χ1n) is 10.7. The van der Waals surface area contributed by atoms with Crippen LogP contribution in [0.1, 0.15) is 35.6 Å². The van der Waals surface area contributed by atoms with Gasteiger partial charge in [0.15, 0.2) is 1.41 Å². The van der Waals surface area contributed by atoms with Gasteiger partial charge in [-0.15, -0.1) is 0 Å². The molecule has 2 atom stereocenters. The van der Waals surface area contributed by atoms with E-state index in [4.69, 9.17) is 22.8 Å². The second-order valence-corrected chi connectivity index (χ2v) is 4.54. The molecule has 8 heteroatoms. The maximum Gasteiger partial charge on any atom is 0.418 e. The normalized spacial score (nSPS) is 43.6. The van der Waals surface area contributed by atoms with Crippen LogP contribution in [0.4, 0.5) is 18.9 Å². The topological polar surface area (TPSA) is 76.7 Å². The maximum atomic E-state index is 13.2. The molecule has 2 heterocycles. The minimum absolute atomic E-state index is 0.250. The summed E-state index contributed by atoms with van der Waals surface area (Å²) in [5, 5.41) is -0.250. The van der Waals surface area contributed by atoms with Gasteiger partial charge in [0, 0.05) is 34.6 Å². The first kappa shape index (κ1) is 8.03. The molecule has 1 amide bonds. The number of carbonyl (C=O) groups is 1. The summed E-state index contributed by atoms with van der Waals surface area (Å²) in [5.74, 6) is -7.18. The molecule has 0 radical (unpaired) electrons. The molecule has 2 unspecified atom stereocenters.